The molecule has 24 heteroatoms. The van der Waals surface area contributed by atoms with Crippen molar-refractivity contribution in [3.63, 3.8) is 0 Å². The molecule has 35 heavy (non-hydrogen) atoms. The van der Waals surface area contributed by atoms with E-state index in [2.05, 4.69) is 0 Å². The van der Waals surface area contributed by atoms with Crippen molar-refractivity contribution in [1.82, 2.24) is 0 Å². The Balaban J connectivity index is 7.32. The molecule has 0 aromatic heterocycles. The van der Waals surface area contributed by atoms with Crippen molar-refractivity contribution in [1.29, 1.82) is 0 Å². The lowest BCUT2D eigenvalue weighted by atomic mass is 9.83. The minimum Gasteiger partial charge on any atom is -0.216 e. The molecule has 212 valence electrons. The highest BCUT2D eigenvalue weighted by molar-refractivity contribution is 5.20. The van der Waals surface area contributed by atoms with E-state index in [0.29, 0.717) is 0 Å². The van der Waals surface area contributed by atoms with E-state index in [-0.39, 0.29) is 0 Å². The summed E-state index contributed by atoms with van der Waals surface area (Å²) in [6.45, 7) is 0. The minimum absolute atomic E-state index is 8.13. The van der Waals surface area contributed by atoms with Crippen LogP contribution in [0.2, 0.25) is 0 Å². The SMILES string of the molecule is FC(F)(F)C(F)(F)C(F)(F)C(F)(F)C(F)(F)C(F)(F)C(F)(F)C(F)(F)C(F)(C(F)(F)F)C(F)(F)F. The molecular formula is C11F24. The molecule has 0 fully saturated rings. The zero-order valence-electron chi connectivity index (χ0n) is 14.6. The fourth-order valence-corrected chi connectivity index (χ4v) is 1.90. The molecule has 0 spiro atoms. The second kappa shape index (κ2) is 7.66. The first-order valence-corrected chi connectivity index (χ1v) is 7.04. The van der Waals surface area contributed by atoms with Gasteiger partial charge in [-0.15, -0.1) is 0 Å². The van der Waals surface area contributed by atoms with E-state index in [0.717, 1.165) is 0 Å². The highest BCUT2D eigenvalue weighted by Gasteiger charge is 3.00. The van der Waals surface area contributed by atoms with Gasteiger partial charge in [0.25, 0.3) is 0 Å². The Morgan fingerprint density at radius 2 is 0.343 bits per heavy atom. The topological polar surface area (TPSA) is 0 Å². The first-order valence-electron chi connectivity index (χ1n) is 7.04. The van der Waals surface area contributed by atoms with Crippen LogP contribution in [-0.4, -0.2) is 65.7 Å². The highest BCUT2D eigenvalue weighted by atomic mass is 19.4. The summed E-state index contributed by atoms with van der Waals surface area (Å²) in [4.78, 5) is 0. The molecule has 0 aliphatic heterocycles. The van der Waals surface area contributed by atoms with Crippen molar-refractivity contribution in [2.45, 2.75) is 65.7 Å². The molecule has 0 heterocycles. The third kappa shape index (κ3) is 3.81. The van der Waals surface area contributed by atoms with E-state index in [1.165, 1.54) is 0 Å². The van der Waals surface area contributed by atoms with Gasteiger partial charge >= 0.3 is 65.7 Å². The van der Waals surface area contributed by atoms with Gasteiger partial charge in [0.1, 0.15) is 0 Å². The number of hydrogen-bond acceptors (Lipinski definition) is 0. The van der Waals surface area contributed by atoms with E-state index in [4.69, 9.17) is 0 Å². The van der Waals surface area contributed by atoms with Gasteiger partial charge in [-0.25, -0.2) is 4.39 Å². The quantitative estimate of drug-likeness (QED) is 0.266. The van der Waals surface area contributed by atoms with Crippen LogP contribution in [-0.2, 0) is 0 Å². The minimum atomic E-state index is -9.54. The maximum absolute atomic E-state index is 13.3. The predicted molar refractivity (Wildman–Crippen MR) is 56.6 cm³/mol. The van der Waals surface area contributed by atoms with Crippen LogP contribution in [0, 0.1) is 0 Å². The number of rotatable bonds is 7. The molecule has 0 N–H and O–H groups in total. The Bertz CT molecular complexity index is 757. The molecule has 0 amide bonds. The number of alkyl halides is 24. The van der Waals surface area contributed by atoms with Gasteiger partial charge < -0.3 is 0 Å². The molecular weight excluding hydrogens is 588 g/mol. The van der Waals surface area contributed by atoms with E-state index >= 15 is 0 Å². The normalized spacial score (nSPS) is 17.1. The van der Waals surface area contributed by atoms with Crippen molar-refractivity contribution < 1.29 is 105 Å². The van der Waals surface area contributed by atoms with Crippen molar-refractivity contribution >= 4 is 0 Å². The molecule has 0 unspecified atom stereocenters. The molecule has 0 bridgehead atoms. The van der Waals surface area contributed by atoms with E-state index in [9.17, 15) is 105 Å². The summed E-state index contributed by atoms with van der Waals surface area (Å²) in [6.07, 6.45) is -25.2. The predicted octanol–water partition coefficient (Wildman–Crippen LogP) is 7.83. The molecule has 0 aromatic carbocycles. The first kappa shape index (κ1) is 33.3. The summed E-state index contributed by atoms with van der Waals surface area (Å²) in [7, 11) is 0. The summed E-state index contributed by atoms with van der Waals surface area (Å²) < 4.78 is 305. The summed E-state index contributed by atoms with van der Waals surface area (Å²) in [6, 6.07) is 0. The number of halogens is 24. The summed E-state index contributed by atoms with van der Waals surface area (Å²) in [5.74, 6) is -64.9. The van der Waals surface area contributed by atoms with Crippen LogP contribution < -0.4 is 0 Å². The van der Waals surface area contributed by atoms with Gasteiger partial charge in [-0.3, -0.25) is 0 Å². The Morgan fingerprint density at radius 1 is 0.171 bits per heavy atom. The van der Waals surface area contributed by atoms with Crippen molar-refractivity contribution in [2.24, 2.45) is 0 Å². The molecule has 0 nitrogen and oxygen atoms in total. The molecule has 0 radical (unpaired) electrons. The average molecular weight is 588 g/mol. The van der Waals surface area contributed by atoms with Gasteiger partial charge in [0.15, 0.2) is 0 Å². The second-order valence-electron chi connectivity index (χ2n) is 6.17. The van der Waals surface area contributed by atoms with Gasteiger partial charge in [-0.1, -0.05) is 0 Å². The third-order valence-electron chi connectivity index (χ3n) is 3.94. The smallest absolute Gasteiger partial charge is 0.216 e. The van der Waals surface area contributed by atoms with Gasteiger partial charge in [-0.2, -0.15) is 101 Å². The lowest BCUT2D eigenvalue weighted by molar-refractivity contribution is -0.484. The standard InChI is InChI=1S/C11F24/c12-1(9(27,28)29,10(30,31)32)2(13,14)3(15,16)4(17,18)5(19,20)6(21,22)7(23,24)8(25,26)11(33,34)35. The van der Waals surface area contributed by atoms with Crippen LogP contribution in [0.15, 0.2) is 0 Å². The lowest BCUT2D eigenvalue weighted by Gasteiger charge is -2.45. The molecule has 0 aliphatic carbocycles. The molecule has 0 aliphatic rings. The van der Waals surface area contributed by atoms with E-state index < -0.39 is 65.7 Å². The Morgan fingerprint density at radius 3 is 0.514 bits per heavy atom. The van der Waals surface area contributed by atoms with Crippen LogP contribution >= 0.6 is 0 Å². The van der Waals surface area contributed by atoms with Crippen LogP contribution in [0.25, 0.3) is 0 Å². The molecule has 0 atom stereocenters. The zero-order valence-corrected chi connectivity index (χ0v) is 14.6. The van der Waals surface area contributed by atoms with Gasteiger partial charge in [0.05, 0.1) is 0 Å². The van der Waals surface area contributed by atoms with Gasteiger partial charge in [0.2, 0.25) is 0 Å². The Labute approximate surface area is 172 Å². The van der Waals surface area contributed by atoms with Gasteiger partial charge in [0, 0.05) is 0 Å². The Hall–Kier alpha value is -1.68. The molecule has 0 aromatic rings. The third-order valence-corrected chi connectivity index (χ3v) is 3.94. The van der Waals surface area contributed by atoms with E-state index in [1.807, 2.05) is 0 Å². The van der Waals surface area contributed by atoms with Crippen LogP contribution in [0.5, 0.6) is 0 Å². The van der Waals surface area contributed by atoms with Crippen molar-refractivity contribution in [2.75, 3.05) is 0 Å². The maximum atomic E-state index is 13.3. The Kier molecular flexibility index (Phi) is 7.30. The fourth-order valence-electron chi connectivity index (χ4n) is 1.90. The fraction of sp³-hybridized carbons (Fsp3) is 1.00. The van der Waals surface area contributed by atoms with E-state index in [1.54, 1.807) is 0 Å². The average Bonchev–Trinajstić information content (AvgIpc) is 2.56. The lowest BCUT2D eigenvalue weighted by Crippen LogP contribution is -2.79. The van der Waals surface area contributed by atoms with Gasteiger partial charge in [-0.05, 0) is 0 Å². The highest BCUT2D eigenvalue weighted by Crippen LogP contribution is 2.67. The second-order valence-corrected chi connectivity index (χ2v) is 6.17. The zero-order chi connectivity index (χ0) is 29.5. The largest absolute Gasteiger partial charge is 0.460 e. The molecule has 0 rings (SSSR count). The van der Waals surface area contributed by atoms with Crippen LogP contribution in [0.3, 0.4) is 0 Å². The van der Waals surface area contributed by atoms with Crippen molar-refractivity contribution in [3.05, 3.63) is 0 Å². The number of hydrogen-bond donors (Lipinski definition) is 0. The monoisotopic (exact) mass is 588 g/mol. The summed E-state index contributed by atoms with van der Waals surface area (Å²) in [5.41, 5.74) is -9.05. The van der Waals surface area contributed by atoms with Crippen LogP contribution in [0.1, 0.15) is 0 Å². The summed E-state index contributed by atoms with van der Waals surface area (Å²) >= 11 is 0. The first-order chi connectivity index (χ1) is 14.5. The molecule has 0 saturated heterocycles. The van der Waals surface area contributed by atoms with Crippen molar-refractivity contribution in [3.8, 4) is 0 Å². The maximum Gasteiger partial charge on any atom is 0.460 e. The molecule has 0 saturated carbocycles. The summed E-state index contributed by atoms with van der Waals surface area (Å²) in [5, 5.41) is 0. The van der Waals surface area contributed by atoms with Crippen LogP contribution in [0.4, 0.5) is 105 Å².